The zero-order valence-corrected chi connectivity index (χ0v) is 13.3. The zero-order valence-electron chi connectivity index (χ0n) is 13.3. The van der Waals surface area contributed by atoms with E-state index in [1.807, 2.05) is 36.9 Å². The standard InChI is InChI=1S/C17H26N2O2/c1-12-7-8-15(10-13(12)2)21-11-17(20)19-9-5-4-6-16(19)14(3)18/h7-8,10,14,16H,4-6,9,11,18H2,1-3H3. The minimum Gasteiger partial charge on any atom is -0.484 e. The second-order valence-electron chi connectivity index (χ2n) is 6.04. The van der Waals surface area contributed by atoms with Crippen molar-refractivity contribution < 1.29 is 9.53 Å². The van der Waals surface area contributed by atoms with Crippen LogP contribution < -0.4 is 10.5 Å². The normalized spacial score (nSPS) is 20.2. The first-order chi connectivity index (χ1) is 9.99. The highest BCUT2D eigenvalue weighted by Crippen LogP contribution is 2.20. The summed E-state index contributed by atoms with van der Waals surface area (Å²) in [6.07, 6.45) is 3.19. The Bertz CT molecular complexity index is 500. The van der Waals surface area contributed by atoms with E-state index in [1.54, 1.807) is 0 Å². The maximum Gasteiger partial charge on any atom is 0.260 e. The number of nitrogens with two attached hydrogens (primary N) is 1. The lowest BCUT2D eigenvalue weighted by Gasteiger charge is -2.38. The Balaban J connectivity index is 1.95. The van der Waals surface area contributed by atoms with E-state index >= 15 is 0 Å². The molecule has 4 nitrogen and oxygen atoms in total. The summed E-state index contributed by atoms with van der Waals surface area (Å²) in [7, 11) is 0. The molecule has 0 aliphatic carbocycles. The lowest BCUT2D eigenvalue weighted by molar-refractivity contribution is -0.137. The number of carbonyl (C=O) groups excluding carboxylic acids is 1. The third-order valence-corrected chi connectivity index (χ3v) is 4.32. The number of nitrogens with zero attached hydrogens (tertiary/aromatic N) is 1. The highest BCUT2D eigenvalue weighted by atomic mass is 16.5. The van der Waals surface area contributed by atoms with E-state index in [-0.39, 0.29) is 24.6 Å². The molecule has 1 saturated heterocycles. The summed E-state index contributed by atoms with van der Waals surface area (Å²) in [5.41, 5.74) is 8.40. The van der Waals surface area contributed by atoms with Crippen molar-refractivity contribution in [2.24, 2.45) is 5.73 Å². The van der Waals surface area contributed by atoms with Gasteiger partial charge in [-0.3, -0.25) is 4.79 Å². The van der Waals surface area contributed by atoms with Gasteiger partial charge >= 0.3 is 0 Å². The number of rotatable bonds is 4. The number of amides is 1. The molecule has 2 rings (SSSR count). The molecular formula is C17H26N2O2. The maximum atomic E-state index is 12.4. The van der Waals surface area contributed by atoms with Gasteiger partial charge in [-0.15, -0.1) is 0 Å². The van der Waals surface area contributed by atoms with Gasteiger partial charge in [0.05, 0.1) is 0 Å². The van der Waals surface area contributed by atoms with Crippen LogP contribution in [0.5, 0.6) is 5.75 Å². The summed E-state index contributed by atoms with van der Waals surface area (Å²) < 4.78 is 5.65. The number of aryl methyl sites for hydroxylation is 2. The number of likely N-dealkylation sites (tertiary alicyclic amines) is 1. The van der Waals surface area contributed by atoms with E-state index in [0.29, 0.717) is 0 Å². The van der Waals surface area contributed by atoms with Crippen LogP contribution in [-0.2, 0) is 4.79 Å². The molecule has 2 unspecified atom stereocenters. The number of piperidine rings is 1. The Hall–Kier alpha value is -1.55. The molecule has 2 atom stereocenters. The smallest absolute Gasteiger partial charge is 0.260 e. The van der Waals surface area contributed by atoms with Crippen LogP contribution in [0.3, 0.4) is 0 Å². The Morgan fingerprint density at radius 3 is 2.81 bits per heavy atom. The molecule has 1 aromatic carbocycles. The van der Waals surface area contributed by atoms with Crippen LogP contribution in [0.4, 0.5) is 0 Å². The van der Waals surface area contributed by atoms with Gasteiger partial charge < -0.3 is 15.4 Å². The van der Waals surface area contributed by atoms with Crippen molar-refractivity contribution in [3.63, 3.8) is 0 Å². The monoisotopic (exact) mass is 290 g/mol. The van der Waals surface area contributed by atoms with Gasteiger partial charge in [-0.2, -0.15) is 0 Å². The molecule has 1 aliphatic rings. The second-order valence-corrected chi connectivity index (χ2v) is 6.04. The Kier molecular flexibility index (Phi) is 5.23. The van der Waals surface area contributed by atoms with Gasteiger partial charge in [-0.1, -0.05) is 6.07 Å². The average Bonchev–Trinajstić information content (AvgIpc) is 2.48. The fourth-order valence-corrected chi connectivity index (χ4v) is 2.85. The van der Waals surface area contributed by atoms with Gasteiger partial charge in [0.1, 0.15) is 5.75 Å². The third-order valence-electron chi connectivity index (χ3n) is 4.32. The molecular weight excluding hydrogens is 264 g/mol. The third kappa shape index (κ3) is 3.97. The molecule has 0 radical (unpaired) electrons. The van der Waals surface area contributed by atoms with Gasteiger partial charge in [0.2, 0.25) is 0 Å². The van der Waals surface area contributed by atoms with Crippen LogP contribution in [0, 0.1) is 13.8 Å². The minimum absolute atomic E-state index is 0.0101. The molecule has 0 saturated carbocycles. The molecule has 0 bridgehead atoms. The molecule has 1 amide bonds. The van der Waals surface area contributed by atoms with E-state index in [1.165, 1.54) is 11.1 Å². The molecule has 21 heavy (non-hydrogen) atoms. The van der Waals surface area contributed by atoms with Crippen molar-refractivity contribution in [2.45, 2.75) is 52.1 Å². The van der Waals surface area contributed by atoms with E-state index < -0.39 is 0 Å². The van der Waals surface area contributed by atoms with E-state index in [2.05, 4.69) is 6.92 Å². The Labute approximate surface area is 127 Å². The molecule has 1 aliphatic heterocycles. The Morgan fingerprint density at radius 2 is 2.14 bits per heavy atom. The zero-order chi connectivity index (χ0) is 15.4. The molecule has 0 aromatic heterocycles. The molecule has 116 valence electrons. The second kappa shape index (κ2) is 6.94. The summed E-state index contributed by atoms with van der Waals surface area (Å²) in [6, 6.07) is 6.06. The predicted molar refractivity (Wildman–Crippen MR) is 84.4 cm³/mol. The van der Waals surface area contributed by atoms with E-state index in [4.69, 9.17) is 10.5 Å². The van der Waals surface area contributed by atoms with Gasteiger partial charge in [0.25, 0.3) is 5.91 Å². The van der Waals surface area contributed by atoms with Crippen LogP contribution in [0.15, 0.2) is 18.2 Å². The topological polar surface area (TPSA) is 55.6 Å². The average molecular weight is 290 g/mol. The van der Waals surface area contributed by atoms with Gasteiger partial charge in [-0.05, 0) is 63.3 Å². The molecule has 1 heterocycles. The van der Waals surface area contributed by atoms with Crippen LogP contribution in [0.2, 0.25) is 0 Å². The van der Waals surface area contributed by atoms with E-state index in [9.17, 15) is 4.79 Å². The fraction of sp³-hybridized carbons (Fsp3) is 0.588. The van der Waals surface area contributed by atoms with Gasteiger partial charge in [0.15, 0.2) is 6.61 Å². The van der Waals surface area contributed by atoms with Crippen LogP contribution in [-0.4, -0.2) is 36.0 Å². The number of hydrogen-bond acceptors (Lipinski definition) is 3. The van der Waals surface area contributed by atoms with Crippen LogP contribution in [0.25, 0.3) is 0 Å². The first-order valence-electron chi connectivity index (χ1n) is 7.74. The molecule has 4 heteroatoms. The van der Waals surface area contributed by atoms with Crippen molar-refractivity contribution in [2.75, 3.05) is 13.2 Å². The summed E-state index contributed by atoms with van der Waals surface area (Å²) in [5, 5.41) is 0. The number of ether oxygens (including phenoxy) is 1. The quantitative estimate of drug-likeness (QED) is 0.926. The van der Waals surface area contributed by atoms with Crippen LogP contribution in [0.1, 0.15) is 37.3 Å². The van der Waals surface area contributed by atoms with Gasteiger partial charge in [0, 0.05) is 18.6 Å². The largest absolute Gasteiger partial charge is 0.484 e. The minimum atomic E-state index is 0.0101. The first kappa shape index (κ1) is 15.8. The number of hydrogen-bond donors (Lipinski definition) is 1. The molecule has 2 N–H and O–H groups in total. The van der Waals surface area contributed by atoms with Crippen molar-refractivity contribution in [3.05, 3.63) is 29.3 Å². The van der Waals surface area contributed by atoms with Gasteiger partial charge in [-0.25, -0.2) is 0 Å². The molecule has 1 aromatic rings. The summed E-state index contributed by atoms with van der Waals surface area (Å²) in [4.78, 5) is 14.3. The Morgan fingerprint density at radius 1 is 1.38 bits per heavy atom. The van der Waals surface area contributed by atoms with Crippen molar-refractivity contribution in [1.29, 1.82) is 0 Å². The highest BCUT2D eigenvalue weighted by molar-refractivity contribution is 5.78. The molecule has 0 spiro atoms. The number of carbonyl (C=O) groups is 1. The summed E-state index contributed by atoms with van der Waals surface area (Å²) in [6.45, 7) is 6.96. The van der Waals surface area contributed by atoms with Crippen molar-refractivity contribution in [1.82, 2.24) is 4.90 Å². The summed E-state index contributed by atoms with van der Waals surface area (Å²) >= 11 is 0. The first-order valence-corrected chi connectivity index (χ1v) is 7.74. The SMILES string of the molecule is Cc1ccc(OCC(=O)N2CCCCC2C(C)N)cc1C. The predicted octanol–water partition coefficient (Wildman–Crippen LogP) is 2.41. The summed E-state index contributed by atoms with van der Waals surface area (Å²) in [5.74, 6) is 0.788. The highest BCUT2D eigenvalue weighted by Gasteiger charge is 2.29. The van der Waals surface area contributed by atoms with Crippen molar-refractivity contribution in [3.8, 4) is 5.75 Å². The van der Waals surface area contributed by atoms with Crippen molar-refractivity contribution >= 4 is 5.91 Å². The van der Waals surface area contributed by atoms with E-state index in [0.717, 1.165) is 31.6 Å². The number of benzene rings is 1. The lowest BCUT2D eigenvalue weighted by atomic mass is 9.97. The maximum absolute atomic E-state index is 12.4. The van der Waals surface area contributed by atoms with Crippen LogP contribution >= 0.6 is 0 Å². The molecule has 1 fully saturated rings. The fourth-order valence-electron chi connectivity index (χ4n) is 2.85. The lowest BCUT2D eigenvalue weighted by Crippen LogP contribution is -2.52.